The van der Waals surface area contributed by atoms with Crippen molar-refractivity contribution < 1.29 is 0 Å². The molecule has 0 atom stereocenters. The molecule has 0 unspecified atom stereocenters. The van der Waals surface area contributed by atoms with Crippen LogP contribution in [0.25, 0.3) is 0 Å². The zero-order valence-electron chi connectivity index (χ0n) is 4.41. The predicted molar refractivity (Wildman–Crippen MR) is 36.8 cm³/mol. The van der Waals surface area contributed by atoms with Gasteiger partial charge in [0.15, 0.2) is 0 Å². The minimum atomic E-state index is 0. The summed E-state index contributed by atoms with van der Waals surface area (Å²) in [6, 6.07) is 0. The van der Waals surface area contributed by atoms with Crippen LogP contribution >= 0.6 is 0 Å². The van der Waals surface area contributed by atoms with Crippen molar-refractivity contribution in [3.8, 4) is 0 Å². The van der Waals surface area contributed by atoms with Gasteiger partial charge in [0.25, 0.3) is 0 Å². The van der Waals surface area contributed by atoms with E-state index in [1.54, 1.807) is 0 Å². The Morgan fingerprint density at radius 2 is 1.14 bits per heavy atom. The van der Waals surface area contributed by atoms with Gasteiger partial charge < -0.3 is 0 Å². The van der Waals surface area contributed by atoms with Crippen molar-refractivity contribution in [2.75, 3.05) is 0 Å². The molecule has 0 saturated carbocycles. The quantitative estimate of drug-likeness (QED) is 0.338. The molecule has 0 saturated heterocycles. The molecule has 36 valence electrons. The zero-order valence-corrected chi connectivity index (χ0v) is 4.41. The molecule has 0 N–H and O–H groups in total. The summed E-state index contributed by atoms with van der Waals surface area (Å²) in [4.78, 5) is 0. The second-order valence-electron chi connectivity index (χ2n) is 1.56. The minimum absolute atomic E-state index is 0. The maximum absolute atomic E-state index is 3.66. The van der Waals surface area contributed by atoms with Crippen LogP contribution in [-0.4, -0.2) is 18.9 Å². The van der Waals surface area contributed by atoms with Gasteiger partial charge >= 0.3 is 18.9 Å². The second-order valence-corrected chi connectivity index (χ2v) is 1.56. The monoisotopic (exact) mass is 90.1 g/mol. The van der Waals surface area contributed by atoms with Crippen molar-refractivity contribution in [3.63, 3.8) is 0 Å². The molecule has 0 aliphatic carbocycles. The van der Waals surface area contributed by atoms with Gasteiger partial charge in [-0.05, 0) is 13.8 Å². The average molecular weight is 90.1 g/mol. The van der Waals surface area contributed by atoms with Crippen LogP contribution in [0.15, 0.2) is 24.3 Å². The van der Waals surface area contributed by atoms with Gasteiger partial charge in [-0.1, -0.05) is 24.3 Å². The van der Waals surface area contributed by atoms with Crippen LogP contribution in [0.5, 0.6) is 0 Å². The Labute approximate surface area is 57.5 Å². The number of hydrogen-bond acceptors (Lipinski definition) is 0. The van der Waals surface area contributed by atoms with Crippen molar-refractivity contribution in [2.24, 2.45) is 0 Å². The zero-order chi connectivity index (χ0) is 5.15. The van der Waals surface area contributed by atoms with E-state index in [0.717, 1.165) is 11.1 Å². The molecule has 0 aliphatic rings. The molecule has 0 aromatic heterocycles. The van der Waals surface area contributed by atoms with E-state index in [0.29, 0.717) is 0 Å². The number of rotatable bonds is 1. The predicted octanol–water partition coefficient (Wildman–Crippen LogP) is 1.49. The van der Waals surface area contributed by atoms with Crippen molar-refractivity contribution in [3.05, 3.63) is 24.3 Å². The summed E-state index contributed by atoms with van der Waals surface area (Å²) in [5.41, 5.74) is 2.13. The summed E-state index contributed by atoms with van der Waals surface area (Å²) in [5.74, 6) is 0. The van der Waals surface area contributed by atoms with Crippen LogP contribution in [0.2, 0.25) is 0 Å². The molecule has 0 heterocycles. The molecule has 1 heteroatoms. The van der Waals surface area contributed by atoms with Gasteiger partial charge in [-0.2, -0.15) is 0 Å². The summed E-state index contributed by atoms with van der Waals surface area (Å²) in [5, 5.41) is 0. The second kappa shape index (κ2) is 4.24. The van der Waals surface area contributed by atoms with E-state index >= 15 is 0 Å². The molecule has 0 rings (SSSR count). The maximum atomic E-state index is 3.66. The first-order chi connectivity index (χ1) is 2.64. The first-order valence-corrected chi connectivity index (χ1v) is 1.96. The van der Waals surface area contributed by atoms with E-state index in [9.17, 15) is 0 Å². The molecule has 7 heavy (non-hydrogen) atoms. The Morgan fingerprint density at radius 3 is 1.14 bits per heavy atom. The first kappa shape index (κ1) is 10.1. The van der Waals surface area contributed by atoms with E-state index in [-0.39, 0.29) is 18.9 Å². The van der Waals surface area contributed by atoms with Crippen molar-refractivity contribution >= 4 is 18.9 Å². The van der Waals surface area contributed by atoms with Crippen LogP contribution in [0, 0.1) is 0 Å². The van der Waals surface area contributed by atoms with Crippen molar-refractivity contribution in [1.29, 1.82) is 0 Å². The van der Waals surface area contributed by atoms with E-state index in [2.05, 4.69) is 13.2 Å². The average Bonchev–Trinajstić information content (AvgIpc) is 1.36. The van der Waals surface area contributed by atoms with Gasteiger partial charge in [-0.25, -0.2) is 0 Å². The molecule has 0 aliphatic heterocycles. The Bertz CT molecular complexity index is 70.2. The van der Waals surface area contributed by atoms with Gasteiger partial charge in [0.1, 0.15) is 0 Å². The third kappa shape index (κ3) is 6.08. The fraction of sp³-hybridized carbons (Fsp3) is 0.333. The standard InChI is InChI=1S/C6H10.Li.H/c1-5(2)6(3)4;;/h1,3H2,2,4H3;;. The fourth-order valence-electron chi connectivity index (χ4n) is 0. The van der Waals surface area contributed by atoms with Crippen molar-refractivity contribution in [2.45, 2.75) is 13.8 Å². The molecule has 0 fully saturated rings. The van der Waals surface area contributed by atoms with Crippen LogP contribution in [0.4, 0.5) is 0 Å². The van der Waals surface area contributed by atoms with Crippen molar-refractivity contribution in [1.82, 2.24) is 0 Å². The van der Waals surface area contributed by atoms with Crippen LogP contribution in [-0.2, 0) is 0 Å². The Morgan fingerprint density at radius 1 is 1.00 bits per heavy atom. The molecule has 0 aromatic rings. The Kier molecular flexibility index (Phi) is 6.14. The Hall–Kier alpha value is 0.0774. The molecule has 0 bridgehead atoms. The van der Waals surface area contributed by atoms with Crippen LogP contribution < -0.4 is 0 Å². The SMILES string of the molecule is C=C(C)C(=C)C.[LiH]. The fourth-order valence-corrected chi connectivity index (χ4v) is 0. The molecule has 0 nitrogen and oxygen atoms in total. The van der Waals surface area contributed by atoms with Gasteiger partial charge in [0.2, 0.25) is 0 Å². The van der Waals surface area contributed by atoms with Crippen LogP contribution in [0.3, 0.4) is 0 Å². The molecule has 0 aromatic carbocycles. The molecule has 0 amide bonds. The van der Waals surface area contributed by atoms with Gasteiger partial charge in [0.05, 0.1) is 0 Å². The number of hydrogen-bond donors (Lipinski definition) is 0. The summed E-state index contributed by atoms with van der Waals surface area (Å²) < 4.78 is 0. The third-order valence-electron chi connectivity index (χ3n) is 0.729. The van der Waals surface area contributed by atoms with Gasteiger partial charge in [-0.3, -0.25) is 0 Å². The van der Waals surface area contributed by atoms with E-state index in [1.807, 2.05) is 13.8 Å². The third-order valence-corrected chi connectivity index (χ3v) is 0.729. The van der Waals surface area contributed by atoms with Gasteiger partial charge in [0, 0.05) is 0 Å². The summed E-state index contributed by atoms with van der Waals surface area (Å²) >= 11 is 0. The molecule has 0 spiro atoms. The van der Waals surface area contributed by atoms with Crippen LogP contribution in [0.1, 0.15) is 13.8 Å². The molecular weight excluding hydrogens is 79.0 g/mol. The topological polar surface area (TPSA) is 0 Å². The first-order valence-electron chi connectivity index (χ1n) is 1.96. The van der Waals surface area contributed by atoms with E-state index in [4.69, 9.17) is 0 Å². The normalized spacial score (nSPS) is 6.57. The summed E-state index contributed by atoms with van der Waals surface area (Å²) in [6.07, 6.45) is 0. The summed E-state index contributed by atoms with van der Waals surface area (Å²) in [7, 11) is 0. The molecule has 0 radical (unpaired) electrons. The van der Waals surface area contributed by atoms with E-state index < -0.39 is 0 Å². The van der Waals surface area contributed by atoms with Gasteiger partial charge in [-0.15, -0.1) is 0 Å². The number of allylic oxidation sites excluding steroid dienone is 2. The Balaban J connectivity index is 0. The molecular formula is C6H11Li. The summed E-state index contributed by atoms with van der Waals surface area (Å²) in [6.45, 7) is 11.2. The van der Waals surface area contributed by atoms with E-state index in [1.165, 1.54) is 0 Å².